The molecule has 19 heavy (non-hydrogen) atoms. The Morgan fingerprint density at radius 1 is 1.11 bits per heavy atom. The van der Waals surface area contributed by atoms with Gasteiger partial charge in [0.25, 0.3) is 0 Å². The second kappa shape index (κ2) is 8.56. The van der Waals surface area contributed by atoms with Crippen LogP contribution in [0.5, 0.6) is 11.5 Å². The van der Waals surface area contributed by atoms with Crippen molar-refractivity contribution in [2.75, 3.05) is 14.2 Å². The number of benzene rings is 1. The molecule has 0 bridgehead atoms. The van der Waals surface area contributed by atoms with E-state index < -0.39 is 0 Å². The normalized spacial score (nSPS) is 11.9. The van der Waals surface area contributed by atoms with Crippen molar-refractivity contribution in [3.63, 3.8) is 0 Å². The highest BCUT2D eigenvalue weighted by atomic mass is 35.5. The molecule has 0 saturated heterocycles. The van der Waals surface area contributed by atoms with E-state index in [0.29, 0.717) is 5.25 Å². The summed E-state index contributed by atoms with van der Waals surface area (Å²) in [6, 6.07) is 4.18. The van der Waals surface area contributed by atoms with E-state index in [4.69, 9.17) is 15.2 Å². The lowest BCUT2D eigenvalue weighted by Gasteiger charge is -2.16. The van der Waals surface area contributed by atoms with Crippen LogP contribution >= 0.6 is 24.2 Å². The molecule has 5 heteroatoms. The lowest BCUT2D eigenvalue weighted by Crippen LogP contribution is -2.18. The predicted molar refractivity (Wildman–Crippen MR) is 85.1 cm³/mol. The number of thioether (sulfide) groups is 1. The predicted octanol–water partition coefficient (Wildman–Crippen LogP) is 3.52. The molecule has 1 rings (SSSR count). The smallest absolute Gasteiger partial charge is 0.132 e. The van der Waals surface area contributed by atoms with Gasteiger partial charge in [0, 0.05) is 11.3 Å². The molecule has 2 N–H and O–H groups in total. The molecule has 0 radical (unpaired) electrons. The molecule has 1 unspecified atom stereocenters. The zero-order valence-electron chi connectivity index (χ0n) is 12.2. The molecule has 0 amide bonds. The van der Waals surface area contributed by atoms with E-state index >= 15 is 0 Å². The quantitative estimate of drug-likeness (QED) is 0.817. The molecule has 0 fully saturated rings. The molecule has 110 valence electrons. The van der Waals surface area contributed by atoms with Crippen molar-refractivity contribution in [3.8, 4) is 11.5 Å². The fraction of sp³-hybridized carbons (Fsp3) is 0.571. The molecule has 3 nitrogen and oxygen atoms in total. The fourth-order valence-electron chi connectivity index (χ4n) is 1.79. The first-order valence-corrected chi connectivity index (χ1v) is 7.03. The third-order valence-electron chi connectivity index (χ3n) is 2.47. The molecule has 1 aromatic rings. The summed E-state index contributed by atoms with van der Waals surface area (Å²) in [5, 5.41) is 0.503. The van der Waals surface area contributed by atoms with Gasteiger partial charge in [0.1, 0.15) is 11.5 Å². The third-order valence-corrected chi connectivity index (χ3v) is 3.52. The summed E-state index contributed by atoms with van der Waals surface area (Å²) in [4.78, 5) is 1.11. The Bertz CT molecular complexity index is 360. The molecule has 0 aliphatic rings. The van der Waals surface area contributed by atoms with Crippen molar-refractivity contribution in [2.45, 2.75) is 43.4 Å². The Labute approximate surface area is 126 Å². The molecule has 0 aliphatic carbocycles. The van der Waals surface area contributed by atoms with Crippen LogP contribution in [0.25, 0.3) is 0 Å². The van der Waals surface area contributed by atoms with E-state index in [1.807, 2.05) is 19.1 Å². The maximum atomic E-state index is 5.86. The van der Waals surface area contributed by atoms with Gasteiger partial charge in [0.2, 0.25) is 0 Å². The Morgan fingerprint density at radius 2 is 1.68 bits per heavy atom. The average molecular weight is 306 g/mol. The molecular formula is C14H24ClNO2S. The topological polar surface area (TPSA) is 44.5 Å². The van der Waals surface area contributed by atoms with Crippen LogP contribution in [-0.4, -0.2) is 25.5 Å². The van der Waals surface area contributed by atoms with Crippen molar-refractivity contribution >= 4 is 24.2 Å². The summed E-state index contributed by atoms with van der Waals surface area (Å²) in [7, 11) is 3.39. The van der Waals surface area contributed by atoms with Crippen LogP contribution in [0.15, 0.2) is 17.0 Å². The zero-order valence-corrected chi connectivity index (χ0v) is 13.9. The van der Waals surface area contributed by atoms with E-state index in [-0.39, 0.29) is 18.4 Å². The molecular weight excluding hydrogens is 282 g/mol. The number of hydrogen-bond donors (Lipinski definition) is 1. The van der Waals surface area contributed by atoms with Gasteiger partial charge in [-0.15, -0.1) is 24.2 Å². The Morgan fingerprint density at radius 3 is 2.11 bits per heavy atom. The minimum atomic E-state index is 0. The molecule has 0 aliphatic heterocycles. The van der Waals surface area contributed by atoms with E-state index in [1.54, 1.807) is 26.0 Å². The van der Waals surface area contributed by atoms with Crippen LogP contribution in [0.1, 0.15) is 26.3 Å². The summed E-state index contributed by atoms with van der Waals surface area (Å²) in [6.07, 6.45) is 0.784. The van der Waals surface area contributed by atoms with Gasteiger partial charge in [0.05, 0.1) is 19.1 Å². The highest BCUT2D eigenvalue weighted by Gasteiger charge is 2.13. The molecule has 1 aromatic carbocycles. The lowest BCUT2D eigenvalue weighted by atomic mass is 10.1. The maximum Gasteiger partial charge on any atom is 0.132 e. The third kappa shape index (κ3) is 5.51. The summed E-state index contributed by atoms with van der Waals surface area (Å²) < 4.78 is 10.9. The standard InChI is InChI=1S/C14H23NO2S.ClH/c1-9(2)18-14-8-12(16-4)11(6-10(3)15)7-13(14)17-5;/h7-10H,6,15H2,1-5H3;1H. The molecule has 0 heterocycles. The van der Waals surface area contributed by atoms with Gasteiger partial charge in [-0.3, -0.25) is 0 Å². The Kier molecular flexibility index (Phi) is 8.30. The first kappa shape index (κ1) is 18.4. The first-order chi connectivity index (χ1) is 8.47. The maximum absolute atomic E-state index is 5.86. The van der Waals surface area contributed by atoms with Crippen LogP contribution in [0, 0.1) is 0 Å². The second-order valence-corrected chi connectivity index (χ2v) is 6.28. The lowest BCUT2D eigenvalue weighted by molar-refractivity contribution is 0.389. The molecule has 0 aromatic heterocycles. The van der Waals surface area contributed by atoms with Gasteiger partial charge in [-0.25, -0.2) is 0 Å². The van der Waals surface area contributed by atoms with Gasteiger partial charge in [-0.2, -0.15) is 0 Å². The fourth-order valence-corrected chi connectivity index (χ4v) is 2.73. The van der Waals surface area contributed by atoms with E-state index in [1.165, 1.54) is 0 Å². The van der Waals surface area contributed by atoms with Crippen LogP contribution in [0.4, 0.5) is 0 Å². The number of rotatable bonds is 6. The van der Waals surface area contributed by atoms with Crippen LogP contribution in [-0.2, 0) is 6.42 Å². The monoisotopic (exact) mass is 305 g/mol. The van der Waals surface area contributed by atoms with Crippen molar-refractivity contribution in [1.29, 1.82) is 0 Å². The van der Waals surface area contributed by atoms with Crippen LogP contribution < -0.4 is 15.2 Å². The molecule has 1 atom stereocenters. The summed E-state index contributed by atoms with van der Waals surface area (Å²) in [5.74, 6) is 1.78. The number of halogens is 1. The van der Waals surface area contributed by atoms with Crippen LogP contribution in [0.3, 0.4) is 0 Å². The second-order valence-electron chi connectivity index (χ2n) is 4.66. The van der Waals surface area contributed by atoms with Crippen molar-refractivity contribution in [2.24, 2.45) is 5.73 Å². The van der Waals surface area contributed by atoms with Gasteiger partial charge in [0.15, 0.2) is 0 Å². The number of ether oxygens (including phenoxy) is 2. The average Bonchev–Trinajstić information content (AvgIpc) is 2.29. The Balaban J connectivity index is 0.00000324. The van der Waals surface area contributed by atoms with Gasteiger partial charge in [-0.1, -0.05) is 13.8 Å². The summed E-state index contributed by atoms with van der Waals surface area (Å²) in [5.41, 5.74) is 6.95. The van der Waals surface area contributed by atoms with Gasteiger partial charge < -0.3 is 15.2 Å². The minimum absolute atomic E-state index is 0. The Hall–Kier alpha value is -0.580. The highest BCUT2D eigenvalue weighted by molar-refractivity contribution is 8.00. The van der Waals surface area contributed by atoms with E-state index in [2.05, 4.69) is 13.8 Å². The van der Waals surface area contributed by atoms with Crippen molar-refractivity contribution < 1.29 is 9.47 Å². The van der Waals surface area contributed by atoms with E-state index in [9.17, 15) is 0 Å². The molecule has 0 spiro atoms. The zero-order chi connectivity index (χ0) is 13.7. The van der Waals surface area contributed by atoms with Crippen molar-refractivity contribution in [3.05, 3.63) is 17.7 Å². The summed E-state index contributed by atoms with van der Waals surface area (Å²) >= 11 is 1.77. The SMILES string of the molecule is COc1cc(SC(C)C)c(OC)cc1CC(C)N.Cl. The van der Waals surface area contributed by atoms with Gasteiger partial charge in [-0.05, 0) is 31.0 Å². The number of hydrogen-bond acceptors (Lipinski definition) is 4. The largest absolute Gasteiger partial charge is 0.496 e. The van der Waals surface area contributed by atoms with Gasteiger partial charge >= 0.3 is 0 Å². The van der Waals surface area contributed by atoms with Crippen LogP contribution in [0.2, 0.25) is 0 Å². The number of nitrogens with two attached hydrogens (primary N) is 1. The van der Waals surface area contributed by atoms with E-state index in [0.717, 1.165) is 28.4 Å². The molecule has 0 saturated carbocycles. The minimum Gasteiger partial charge on any atom is -0.496 e. The highest BCUT2D eigenvalue weighted by Crippen LogP contribution is 2.37. The van der Waals surface area contributed by atoms with Crippen molar-refractivity contribution in [1.82, 2.24) is 0 Å². The summed E-state index contributed by atoms with van der Waals surface area (Å²) in [6.45, 7) is 6.31. The number of methoxy groups -OCH3 is 2. The first-order valence-electron chi connectivity index (χ1n) is 6.15.